The van der Waals surface area contributed by atoms with Crippen LogP contribution in [0.2, 0.25) is 0 Å². The summed E-state index contributed by atoms with van der Waals surface area (Å²) in [5.41, 5.74) is 3.07. The Bertz CT molecular complexity index is 1140. The minimum Gasteiger partial charge on any atom is -0.489 e. The average molecular weight is 442 g/mol. The highest BCUT2D eigenvalue weighted by Crippen LogP contribution is 2.42. The van der Waals surface area contributed by atoms with Crippen LogP contribution in [-0.2, 0) is 28.2 Å². The monoisotopic (exact) mass is 441 g/mol. The molecule has 2 heterocycles. The lowest BCUT2D eigenvalue weighted by Gasteiger charge is -2.39. The number of ether oxygens (including phenoxy) is 2. The maximum absolute atomic E-state index is 13.0. The van der Waals surface area contributed by atoms with Crippen molar-refractivity contribution in [3.05, 3.63) is 101 Å². The standard InChI is InChI=1S/C28H27NO4/c30-26(16-13-21-11-14-23(15-12-21)32-19-22-7-2-1-3-8-22)29-18-6-17-28(20-29)25-10-5-4-9-24(25)27(31)33-28/h1-5,7-12,14-15H,6,13,16-20H2. The molecule has 0 aliphatic carbocycles. The molecule has 0 bridgehead atoms. The van der Waals surface area contributed by atoms with Gasteiger partial charge in [-0.25, -0.2) is 4.79 Å². The van der Waals surface area contributed by atoms with E-state index in [-0.39, 0.29) is 11.9 Å². The number of carbonyl (C=O) groups excluding carboxylic acids is 2. The van der Waals surface area contributed by atoms with Crippen LogP contribution in [0.1, 0.15) is 46.3 Å². The Labute approximate surface area is 193 Å². The van der Waals surface area contributed by atoms with Crippen LogP contribution >= 0.6 is 0 Å². The Morgan fingerprint density at radius 1 is 0.939 bits per heavy atom. The number of fused-ring (bicyclic) bond motifs is 2. The van der Waals surface area contributed by atoms with Crippen LogP contribution in [0.15, 0.2) is 78.9 Å². The summed E-state index contributed by atoms with van der Waals surface area (Å²) in [4.78, 5) is 27.2. The number of hydrogen-bond donors (Lipinski definition) is 0. The number of amides is 1. The van der Waals surface area contributed by atoms with Crippen LogP contribution in [0.3, 0.4) is 0 Å². The molecular formula is C28H27NO4. The van der Waals surface area contributed by atoms with Gasteiger partial charge in [-0.2, -0.15) is 0 Å². The highest BCUT2D eigenvalue weighted by Gasteiger charge is 2.48. The summed E-state index contributed by atoms with van der Waals surface area (Å²) in [5, 5.41) is 0. The van der Waals surface area contributed by atoms with Gasteiger partial charge in [0.2, 0.25) is 5.91 Å². The molecule has 1 fully saturated rings. The zero-order valence-electron chi connectivity index (χ0n) is 18.5. The van der Waals surface area contributed by atoms with Gasteiger partial charge in [-0.1, -0.05) is 60.7 Å². The van der Waals surface area contributed by atoms with E-state index in [1.165, 1.54) is 0 Å². The molecule has 3 aromatic carbocycles. The second kappa shape index (κ2) is 9.10. The number of likely N-dealkylation sites (tertiary alicyclic amines) is 1. The highest BCUT2D eigenvalue weighted by molar-refractivity contribution is 5.95. The van der Waals surface area contributed by atoms with Crippen molar-refractivity contribution in [2.45, 2.75) is 37.9 Å². The summed E-state index contributed by atoms with van der Waals surface area (Å²) in [7, 11) is 0. The molecule has 168 valence electrons. The van der Waals surface area contributed by atoms with E-state index in [4.69, 9.17) is 9.47 Å². The van der Waals surface area contributed by atoms with Gasteiger partial charge in [0.05, 0.1) is 12.1 Å². The zero-order valence-corrected chi connectivity index (χ0v) is 18.5. The quantitative estimate of drug-likeness (QED) is 0.511. The predicted molar refractivity (Wildman–Crippen MR) is 125 cm³/mol. The second-order valence-corrected chi connectivity index (χ2v) is 8.77. The van der Waals surface area contributed by atoms with Crippen LogP contribution in [-0.4, -0.2) is 29.9 Å². The van der Waals surface area contributed by atoms with E-state index >= 15 is 0 Å². The summed E-state index contributed by atoms with van der Waals surface area (Å²) in [6.45, 7) is 1.66. The van der Waals surface area contributed by atoms with Gasteiger partial charge in [0.15, 0.2) is 5.60 Å². The molecule has 5 nitrogen and oxygen atoms in total. The van der Waals surface area contributed by atoms with E-state index in [0.29, 0.717) is 38.1 Å². The van der Waals surface area contributed by atoms with Gasteiger partial charge < -0.3 is 14.4 Å². The fourth-order valence-electron chi connectivity index (χ4n) is 4.79. The number of aryl methyl sites for hydroxylation is 1. The van der Waals surface area contributed by atoms with E-state index < -0.39 is 5.60 Å². The van der Waals surface area contributed by atoms with Crippen LogP contribution in [0, 0.1) is 0 Å². The van der Waals surface area contributed by atoms with Gasteiger partial charge >= 0.3 is 5.97 Å². The van der Waals surface area contributed by atoms with Crippen molar-refractivity contribution in [3.63, 3.8) is 0 Å². The summed E-state index contributed by atoms with van der Waals surface area (Å²) in [6, 6.07) is 25.5. The van der Waals surface area contributed by atoms with Gasteiger partial charge in [-0.3, -0.25) is 4.79 Å². The van der Waals surface area contributed by atoms with Crippen molar-refractivity contribution in [1.29, 1.82) is 0 Å². The first-order valence-corrected chi connectivity index (χ1v) is 11.5. The molecule has 1 unspecified atom stereocenters. The molecule has 1 spiro atoms. The molecule has 3 aromatic rings. The molecule has 2 aliphatic rings. The maximum atomic E-state index is 13.0. The predicted octanol–water partition coefficient (Wildman–Crippen LogP) is 4.89. The number of carbonyl (C=O) groups is 2. The third kappa shape index (κ3) is 4.49. The van der Waals surface area contributed by atoms with Crippen molar-refractivity contribution in [2.75, 3.05) is 13.1 Å². The van der Waals surface area contributed by atoms with E-state index in [1.807, 2.05) is 77.7 Å². The first-order chi connectivity index (χ1) is 16.1. The van der Waals surface area contributed by atoms with Gasteiger partial charge in [0.25, 0.3) is 0 Å². The molecule has 0 N–H and O–H groups in total. The Morgan fingerprint density at radius 2 is 1.70 bits per heavy atom. The number of esters is 1. The van der Waals surface area contributed by atoms with Crippen LogP contribution in [0.4, 0.5) is 0 Å². The second-order valence-electron chi connectivity index (χ2n) is 8.77. The lowest BCUT2D eigenvalue weighted by molar-refractivity contribution is -0.138. The number of nitrogens with zero attached hydrogens (tertiary/aromatic N) is 1. The molecule has 2 aliphatic heterocycles. The maximum Gasteiger partial charge on any atom is 0.339 e. The molecular weight excluding hydrogens is 414 g/mol. The molecule has 0 saturated carbocycles. The summed E-state index contributed by atoms with van der Waals surface area (Å²) >= 11 is 0. The largest absolute Gasteiger partial charge is 0.489 e. The lowest BCUT2D eigenvalue weighted by atomic mass is 9.85. The van der Waals surface area contributed by atoms with Crippen molar-refractivity contribution >= 4 is 11.9 Å². The molecule has 1 atom stereocenters. The molecule has 0 radical (unpaired) electrons. The molecule has 0 aromatic heterocycles. The van der Waals surface area contributed by atoms with Crippen molar-refractivity contribution in [1.82, 2.24) is 4.90 Å². The van der Waals surface area contributed by atoms with Gasteiger partial charge in [0, 0.05) is 18.5 Å². The highest BCUT2D eigenvalue weighted by atomic mass is 16.6. The average Bonchev–Trinajstić information content (AvgIpc) is 3.13. The van der Waals surface area contributed by atoms with E-state index in [1.54, 1.807) is 6.07 Å². The first-order valence-electron chi connectivity index (χ1n) is 11.5. The van der Waals surface area contributed by atoms with E-state index in [0.717, 1.165) is 35.3 Å². The lowest BCUT2D eigenvalue weighted by Crippen LogP contribution is -2.48. The normalized spacial score (nSPS) is 19.3. The minimum atomic E-state index is -0.695. The van der Waals surface area contributed by atoms with Gasteiger partial charge in [-0.05, 0) is 48.6 Å². The SMILES string of the molecule is O=C1OC2(CCCN(C(=O)CCc3ccc(OCc4ccccc4)cc3)C2)c2ccccc21. The molecule has 5 heteroatoms. The first kappa shape index (κ1) is 21.3. The zero-order chi connectivity index (χ0) is 22.7. The topological polar surface area (TPSA) is 55.8 Å². The van der Waals surface area contributed by atoms with Crippen molar-refractivity contribution in [2.24, 2.45) is 0 Å². The van der Waals surface area contributed by atoms with Crippen LogP contribution in [0.25, 0.3) is 0 Å². The summed E-state index contributed by atoms with van der Waals surface area (Å²) in [6.07, 6.45) is 2.67. The Hall–Kier alpha value is -3.60. The molecule has 1 amide bonds. The van der Waals surface area contributed by atoms with Crippen molar-refractivity contribution < 1.29 is 19.1 Å². The van der Waals surface area contributed by atoms with E-state index in [9.17, 15) is 9.59 Å². The summed E-state index contributed by atoms with van der Waals surface area (Å²) in [5.74, 6) is 0.627. The molecule has 5 rings (SSSR count). The Kier molecular flexibility index (Phi) is 5.86. The molecule has 33 heavy (non-hydrogen) atoms. The number of hydrogen-bond acceptors (Lipinski definition) is 4. The minimum absolute atomic E-state index is 0.0962. The Morgan fingerprint density at radius 3 is 2.52 bits per heavy atom. The third-order valence-corrected chi connectivity index (χ3v) is 6.53. The number of piperidine rings is 1. The fourth-order valence-corrected chi connectivity index (χ4v) is 4.79. The third-order valence-electron chi connectivity index (χ3n) is 6.53. The number of benzene rings is 3. The molecule has 1 saturated heterocycles. The smallest absolute Gasteiger partial charge is 0.339 e. The van der Waals surface area contributed by atoms with E-state index in [2.05, 4.69) is 0 Å². The van der Waals surface area contributed by atoms with Crippen molar-refractivity contribution in [3.8, 4) is 5.75 Å². The van der Waals surface area contributed by atoms with Crippen LogP contribution in [0.5, 0.6) is 5.75 Å². The van der Waals surface area contributed by atoms with Crippen LogP contribution < -0.4 is 4.74 Å². The summed E-state index contributed by atoms with van der Waals surface area (Å²) < 4.78 is 11.7. The number of rotatable bonds is 6. The Balaban J connectivity index is 1.16. The van der Waals surface area contributed by atoms with Gasteiger partial charge in [-0.15, -0.1) is 0 Å². The fraction of sp³-hybridized carbons (Fsp3) is 0.286. The van der Waals surface area contributed by atoms with Gasteiger partial charge in [0.1, 0.15) is 12.4 Å².